The molecule has 2 N–H and O–H groups in total. The number of benzene rings is 1. The summed E-state index contributed by atoms with van der Waals surface area (Å²) < 4.78 is 26.9. The average Bonchev–Trinajstić information content (AvgIpc) is 2.95. The van der Waals surface area contributed by atoms with Crippen LogP contribution in [0.1, 0.15) is 56.8 Å². The zero-order chi connectivity index (χ0) is 23.0. The lowest BCUT2D eigenvalue weighted by Crippen LogP contribution is -2.51. The van der Waals surface area contributed by atoms with E-state index in [0.29, 0.717) is 23.8 Å². The highest BCUT2D eigenvalue weighted by Gasteiger charge is 2.53. The molecule has 0 bridgehead atoms. The third-order valence-corrected chi connectivity index (χ3v) is 8.55. The van der Waals surface area contributed by atoms with Gasteiger partial charge in [-0.2, -0.15) is 9.31 Å². The summed E-state index contributed by atoms with van der Waals surface area (Å²) in [7, 11) is -3.90. The summed E-state index contributed by atoms with van der Waals surface area (Å²) in [5.74, 6) is -0.806. The quantitative estimate of drug-likeness (QED) is 0.620. The lowest BCUT2D eigenvalue weighted by Gasteiger charge is -2.33. The molecule has 0 radical (unpaired) electrons. The molecular weight excluding hydrogens is 444 g/mol. The molecule has 3 rings (SSSR count). The zero-order valence-electron chi connectivity index (χ0n) is 17.8. The Morgan fingerprint density at radius 2 is 1.87 bits per heavy atom. The van der Waals surface area contributed by atoms with Crippen molar-refractivity contribution in [2.45, 2.75) is 56.9 Å². The molecule has 1 heterocycles. The summed E-state index contributed by atoms with van der Waals surface area (Å²) in [5, 5.41) is 3.39. The van der Waals surface area contributed by atoms with E-state index in [9.17, 15) is 22.8 Å². The first-order chi connectivity index (χ1) is 14.6. The molecule has 1 aromatic rings. The third kappa shape index (κ3) is 4.28. The maximum absolute atomic E-state index is 12.9. The van der Waals surface area contributed by atoms with E-state index >= 15 is 0 Å². The lowest BCUT2D eigenvalue weighted by molar-refractivity contribution is -0.134. The Labute approximate surface area is 187 Å². The predicted molar refractivity (Wildman–Crippen MR) is 115 cm³/mol. The van der Waals surface area contributed by atoms with Gasteiger partial charge < -0.3 is 5.32 Å². The van der Waals surface area contributed by atoms with Gasteiger partial charge in [0.2, 0.25) is 10.0 Å². The number of sulfonamides is 1. The predicted octanol–water partition coefficient (Wildman–Crippen LogP) is 2.52. The van der Waals surface area contributed by atoms with Gasteiger partial charge in [-0.05, 0) is 49.8 Å². The van der Waals surface area contributed by atoms with E-state index < -0.39 is 33.4 Å². The van der Waals surface area contributed by atoms with E-state index in [4.69, 9.17) is 11.6 Å². The van der Waals surface area contributed by atoms with Gasteiger partial charge >= 0.3 is 6.03 Å². The van der Waals surface area contributed by atoms with Crippen molar-refractivity contribution < 1.29 is 22.8 Å². The van der Waals surface area contributed by atoms with Gasteiger partial charge in [-0.25, -0.2) is 13.2 Å². The molecule has 0 aromatic heterocycles. The van der Waals surface area contributed by atoms with E-state index in [2.05, 4.69) is 17.7 Å². The summed E-state index contributed by atoms with van der Waals surface area (Å²) in [5.41, 5.74) is 1.29. The molecule has 9 nitrogen and oxygen atoms in total. The van der Waals surface area contributed by atoms with Crippen LogP contribution in [0.15, 0.2) is 23.1 Å². The number of nitrogens with one attached hydrogen (secondary N) is 2. The van der Waals surface area contributed by atoms with Gasteiger partial charge in [-0.1, -0.05) is 32.4 Å². The van der Waals surface area contributed by atoms with Crippen LogP contribution in [0.2, 0.25) is 5.02 Å². The largest absolute Gasteiger partial charge is 0.344 e. The number of urea groups is 1. The molecule has 1 aliphatic heterocycles. The number of hydrogen-bond acceptors (Lipinski definition) is 5. The SMILES string of the molecule is CCN(CC)S(=O)(=O)c1cc(C(=O)NN2C(=O)NC3(CCC(C)CC3)C2=O)ccc1Cl. The van der Waals surface area contributed by atoms with Crippen molar-refractivity contribution in [3.8, 4) is 0 Å². The standard InChI is InChI=1S/C20H27ClN4O5S/c1-4-24(5-2)31(29,30)16-12-14(6-7-15(16)21)17(26)23-25-18(27)20(22-19(25)28)10-8-13(3)9-11-20/h6-7,12-13H,4-5,8-11H2,1-3H3,(H,22,28)(H,23,26). The topological polar surface area (TPSA) is 116 Å². The fraction of sp³-hybridized carbons (Fsp3) is 0.550. The van der Waals surface area contributed by atoms with Gasteiger partial charge in [0.1, 0.15) is 10.4 Å². The van der Waals surface area contributed by atoms with Crippen molar-refractivity contribution in [2.24, 2.45) is 5.92 Å². The number of rotatable bonds is 6. The Balaban J connectivity index is 1.83. The second kappa shape index (κ2) is 8.76. The third-order valence-electron chi connectivity index (χ3n) is 6.02. The van der Waals surface area contributed by atoms with Crippen LogP contribution in [0.4, 0.5) is 4.79 Å². The molecule has 1 saturated carbocycles. The Kier molecular flexibility index (Phi) is 6.64. The maximum Gasteiger partial charge on any atom is 0.344 e. The minimum atomic E-state index is -3.90. The molecule has 1 spiro atoms. The number of carbonyl (C=O) groups excluding carboxylic acids is 3. The number of carbonyl (C=O) groups is 3. The van der Waals surface area contributed by atoms with E-state index in [0.717, 1.165) is 18.9 Å². The lowest BCUT2D eigenvalue weighted by atomic mass is 9.77. The van der Waals surface area contributed by atoms with Gasteiger partial charge in [-0.15, -0.1) is 0 Å². The fourth-order valence-electron chi connectivity index (χ4n) is 4.03. The number of halogens is 1. The minimum Gasteiger partial charge on any atom is -0.322 e. The van der Waals surface area contributed by atoms with Crippen LogP contribution in [0.3, 0.4) is 0 Å². The number of hydrogen-bond donors (Lipinski definition) is 2. The molecule has 31 heavy (non-hydrogen) atoms. The highest BCUT2D eigenvalue weighted by Crippen LogP contribution is 2.36. The van der Waals surface area contributed by atoms with Crippen LogP contribution in [-0.4, -0.2) is 54.2 Å². The van der Waals surface area contributed by atoms with Gasteiger partial charge in [0.05, 0.1) is 5.02 Å². The molecule has 0 unspecified atom stereocenters. The maximum atomic E-state index is 12.9. The van der Waals surface area contributed by atoms with E-state index in [1.54, 1.807) is 13.8 Å². The van der Waals surface area contributed by atoms with Crippen molar-refractivity contribution in [3.63, 3.8) is 0 Å². The smallest absolute Gasteiger partial charge is 0.322 e. The summed E-state index contributed by atoms with van der Waals surface area (Å²) in [6.45, 7) is 5.98. The number of nitrogens with zero attached hydrogens (tertiary/aromatic N) is 2. The highest BCUT2D eigenvalue weighted by atomic mass is 35.5. The Morgan fingerprint density at radius 1 is 1.26 bits per heavy atom. The van der Waals surface area contributed by atoms with E-state index in [1.165, 1.54) is 16.4 Å². The summed E-state index contributed by atoms with van der Waals surface area (Å²) >= 11 is 6.10. The molecular formula is C20H27ClN4O5S. The van der Waals surface area contributed by atoms with Crippen molar-refractivity contribution in [1.82, 2.24) is 20.1 Å². The van der Waals surface area contributed by atoms with E-state index in [1.807, 2.05) is 0 Å². The average molecular weight is 471 g/mol. The van der Waals surface area contributed by atoms with Crippen molar-refractivity contribution >= 4 is 39.5 Å². The normalized spacial score (nSPS) is 24.0. The Bertz CT molecular complexity index is 1000. The van der Waals surface area contributed by atoms with Gasteiger partial charge in [-0.3, -0.25) is 15.0 Å². The van der Waals surface area contributed by atoms with Gasteiger partial charge in [0, 0.05) is 18.7 Å². The van der Waals surface area contributed by atoms with Crippen LogP contribution < -0.4 is 10.7 Å². The molecule has 1 aliphatic carbocycles. The second-order valence-electron chi connectivity index (χ2n) is 8.01. The van der Waals surface area contributed by atoms with Crippen LogP contribution in [0.5, 0.6) is 0 Å². The monoisotopic (exact) mass is 470 g/mol. The summed E-state index contributed by atoms with van der Waals surface area (Å²) in [6, 6.07) is 3.11. The summed E-state index contributed by atoms with van der Waals surface area (Å²) in [6.07, 6.45) is 2.63. The van der Waals surface area contributed by atoms with Crippen molar-refractivity contribution in [2.75, 3.05) is 13.1 Å². The highest BCUT2D eigenvalue weighted by molar-refractivity contribution is 7.89. The van der Waals surface area contributed by atoms with Crippen LogP contribution in [0.25, 0.3) is 0 Å². The first-order valence-electron chi connectivity index (χ1n) is 10.3. The number of hydrazine groups is 1. The zero-order valence-corrected chi connectivity index (χ0v) is 19.3. The van der Waals surface area contributed by atoms with Crippen molar-refractivity contribution in [3.05, 3.63) is 28.8 Å². The molecule has 2 aliphatic rings. The molecule has 11 heteroatoms. The minimum absolute atomic E-state index is 0.0197. The molecule has 1 saturated heterocycles. The van der Waals surface area contributed by atoms with Gasteiger partial charge in [0.15, 0.2) is 0 Å². The number of amides is 4. The van der Waals surface area contributed by atoms with E-state index in [-0.39, 0.29) is 28.6 Å². The van der Waals surface area contributed by atoms with Gasteiger partial charge in [0.25, 0.3) is 11.8 Å². The van der Waals surface area contributed by atoms with Crippen LogP contribution in [-0.2, 0) is 14.8 Å². The van der Waals surface area contributed by atoms with Crippen LogP contribution in [0, 0.1) is 5.92 Å². The fourth-order valence-corrected chi connectivity index (χ4v) is 5.99. The Morgan fingerprint density at radius 3 is 2.45 bits per heavy atom. The first kappa shape index (κ1) is 23.5. The molecule has 2 fully saturated rings. The second-order valence-corrected chi connectivity index (χ2v) is 10.3. The molecule has 1 aromatic carbocycles. The summed E-state index contributed by atoms with van der Waals surface area (Å²) in [4.78, 5) is 37.9. The molecule has 0 atom stereocenters. The van der Waals surface area contributed by atoms with Crippen molar-refractivity contribution in [1.29, 1.82) is 0 Å². The number of imide groups is 1. The first-order valence-corrected chi connectivity index (χ1v) is 12.1. The Hall–Kier alpha value is -2.17. The molecule has 4 amide bonds. The molecule has 170 valence electrons. The van der Waals surface area contributed by atoms with Crippen LogP contribution >= 0.6 is 11.6 Å².